The van der Waals surface area contributed by atoms with E-state index in [0.717, 1.165) is 59.0 Å². The van der Waals surface area contributed by atoms with Gasteiger partial charge in [-0.15, -0.1) is 10.2 Å². The molecule has 190 valence electrons. The first-order chi connectivity index (χ1) is 18.7. The van der Waals surface area contributed by atoms with Crippen LogP contribution < -0.4 is 5.56 Å². The van der Waals surface area contributed by atoms with Crippen molar-refractivity contribution in [3.05, 3.63) is 118 Å². The van der Waals surface area contributed by atoms with Gasteiger partial charge in [-0.25, -0.2) is 0 Å². The second-order valence-corrected chi connectivity index (χ2v) is 11.7. The molecule has 1 spiro atoms. The van der Waals surface area contributed by atoms with Crippen molar-refractivity contribution in [2.24, 2.45) is 0 Å². The number of fused-ring (bicyclic) bond motifs is 6. The van der Waals surface area contributed by atoms with Gasteiger partial charge in [0.1, 0.15) is 0 Å². The number of aromatic nitrogens is 4. The Hall–Kier alpha value is -3.64. The predicted molar refractivity (Wildman–Crippen MR) is 153 cm³/mol. The quantitative estimate of drug-likeness (QED) is 0.247. The van der Waals surface area contributed by atoms with Crippen LogP contribution in [0, 0.1) is 0 Å². The molecule has 0 radical (unpaired) electrons. The van der Waals surface area contributed by atoms with E-state index in [0.29, 0.717) is 12.3 Å². The molecule has 1 fully saturated rings. The van der Waals surface area contributed by atoms with Crippen LogP contribution in [0.5, 0.6) is 0 Å². The smallest absolute Gasteiger partial charge is 0.259 e. The minimum atomic E-state index is -0.121. The molecule has 3 aromatic carbocycles. The number of rotatable bonds is 6. The fourth-order valence-corrected chi connectivity index (χ4v) is 7.47. The van der Waals surface area contributed by atoms with Gasteiger partial charge in [0.15, 0.2) is 5.16 Å². The highest BCUT2D eigenvalue weighted by Crippen LogP contribution is 2.50. The van der Waals surface area contributed by atoms with E-state index in [1.54, 1.807) is 11.8 Å². The van der Waals surface area contributed by atoms with Crippen molar-refractivity contribution in [1.29, 1.82) is 0 Å². The Balaban J connectivity index is 1.44. The van der Waals surface area contributed by atoms with Gasteiger partial charge in [0.25, 0.3) is 5.56 Å². The molecule has 5 aromatic rings. The topological polar surface area (TPSA) is 52.2 Å². The van der Waals surface area contributed by atoms with Crippen molar-refractivity contribution in [1.82, 2.24) is 19.2 Å². The summed E-state index contributed by atoms with van der Waals surface area (Å²) in [5, 5.41) is 10.2. The lowest BCUT2D eigenvalue weighted by molar-refractivity contribution is 0.421. The fourth-order valence-electron chi connectivity index (χ4n) is 6.55. The van der Waals surface area contributed by atoms with Gasteiger partial charge in [-0.3, -0.25) is 13.8 Å². The van der Waals surface area contributed by atoms with Crippen molar-refractivity contribution >= 4 is 17.5 Å². The summed E-state index contributed by atoms with van der Waals surface area (Å²) in [6.07, 6.45) is 6.32. The Morgan fingerprint density at radius 1 is 0.816 bits per heavy atom. The van der Waals surface area contributed by atoms with Gasteiger partial charge in [0.2, 0.25) is 5.78 Å². The van der Waals surface area contributed by atoms with Crippen molar-refractivity contribution in [3.63, 3.8) is 0 Å². The van der Waals surface area contributed by atoms with Crippen LogP contribution in [0.15, 0.2) is 94.9 Å². The van der Waals surface area contributed by atoms with E-state index in [-0.39, 0.29) is 11.0 Å². The van der Waals surface area contributed by atoms with Crippen LogP contribution in [0.25, 0.3) is 17.0 Å². The Morgan fingerprint density at radius 2 is 1.50 bits per heavy atom. The van der Waals surface area contributed by atoms with E-state index in [4.69, 9.17) is 0 Å². The molecule has 2 heterocycles. The monoisotopic (exact) mass is 518 g/mol. The van der Waals surface area contributed by atoms with Gasteiger partial charge in [0, 0.05) is 22.3 Å². The van der Waals surface area contributed by atoms with E-state index < -0.39 is 0 Å². The molecule has 0 saturated heterocycles. The predicted octanol–water partition coefficient (Wildman–Crippen LogP) is 6.31. The van der Waals surface area contributed by atoms with E-state index in [2.05, 4.69) is 81.3 Å². The molecule has 38 heavy (non-hydrogen) atoms. The first-order valence-corrected chi connectivity index (χ1v) is 14.5. The summed E-state index contributed by atoms with van der Waals surface area (Å²) in [4.78, 5) is 14.5. The van der Waals surface area contributed by atoms with Crippen LogP contribution in [0.1, 0.15) is 47.9 Å². The molecule has 0 aliphatic heterocycles. The average Bonchev–Trinajstić information content (AvgIpc) is 3.59. The number of thioether (sulfide) groups is 1. The number of aryl methyl sites for hydroxylation is 1. The molecule has 0 amide bonds. The van der Waals surface area contributed by atoms with Crippen LogP contribution in [0.3, 0.4) is 0 Å². The van der Waals surface area contributed by atoms with Gasteiger partial charge in [0.05, 0.1) is 12.2 Å². The Morgan fingerprint density at radius 3 is 2.26 bits per heavy atom. The maximum Gasteiger partial charge on any atom is 0.259 e. The highest BCUT2D eigenvalue weighted by Gasteiger charge is 2.45. The molecule has 0 unspecified atom stereocenters. The normalized spacial score (nSPS) is 15.6. The number of benzene rings is 3. The molecule has 2 aliphatic carbocycles. The molecule has 0 N–H and O–H groups in total. The lowest BCUT2D eigenvalue weighted by Gasteiger charge is -2.37. The number of nitrogens with zero attached hydrogens (tertiary/aromatic N) is 4. The molecule has 2 aromatic heterocycles. The molecular weight excluding hydrogens is 488 g/mol. The standard InChI is InChI=1S/C32H30N4OS/c37-29-27-28(26-16-8-7-15-25(26)21-32(27)18-9-10-19-32)36-30(35(29)22-24-13-5-2-6-14-24)33-34-31(36)38-20-17-23-11-3-1-4-12-23/h1-8,11-16H,9-10,17-22H2. The molecule has 2 aliphatic rings. The molecule has 0 bridgehead atoms. The maximum absolute atomic E-state index is 14.5. The molecule has 0 atom stereocenters. The third kappa shape index (κ3) is 3.90. The van der Waals surface area contributed by atoms with Crippen molar-refractivity contribution in [3.8, 4) is 11.3 Å². The number of hydrogen-bond acceptors (Lipinski definition) is 4. The second kappa shape index (κ2) is 9.59. The minimum Gasteiger partial charge on any atom is -0.272 e. The lowest BCUT2D eigenvalue weighted by Crippen LogP contribution is -2.40. The zero-order valence-corrected chi connectivity index (χ0v) is 22.2. The summed E-state index contributed by atoms with van der Waals surface area (Å²) >= 11 is 1.72. The van der Waals surface area contributed by atoms with Gasteiger partial charge in [-0.05, 0) is 42.4 Å². The molecular formula is C32H30N4OS. The summed E-state index contributed by atoms with van der Waals surface area (Å²) in [5.41, 5.74) is 6.86. The fraction of sp³-hybridized carbons (Fsp3) is 0.281. The summed E-state index contributed by atoms with van der Waals surface area (Å²) in [6, 6.07) is 29.4. The summed E-state index contributed by atoms with van der Waals surface area (Å²) in [5.74, 6) is 1.52. The van der Waals surface area contributed by atoms with Crippen LogP contribution in [0.2, 0.25) is 0 Å². The Kier molecular flexibility index (Phi) is 5.92. The van der Waals surface area contributed by atoms with Crippen LogP contribution in [0.4, 0.5) is 0 Å². The van der Waals surface area contributed by atoms with Gasteiger partial charge >= 0.3 is 0 Å². The zero-order chi connectivity index (χ0) is 25.5. The molecule has 6 heteroatoms. The van der Waals surface area contributed by atoms with E-state index in [1.165, 1.54) is 24.0 Å². The summed E-state index contributed by atoms with van der Waals surface area (Å²) in [6.45, 7) is 0.487. The first-order valence-electron chi connectivity index (χ1n) is 13.5. The van der Waals surface area contributed by atoms with E-state index in [9.17, 15) is 4.79 Å². The van der Waals surface area contributed by atoms with Crippen LogP contribution >= 0.6 is 11.8 Å². The third-order valence-corrected chi connectivity index (χ3v) is 9.25. The van der Waals surface area contributed by atoms with Gasteiger partial charge < -0.3 is 0 Å². The van der Waals surface area contributed by atoms with Crippen molar-refractivity contribution in [2.75, 3.05) is 5.75 Å². The average molecular weight is 519 g/mol. The molecule has 5 nitrogen and oxygen atoms in total. The summed E-state index contributed by atoms with van der Waals surface area (Å²) < 4.78 is 4.07. The maximum atomic E-state index is 14.5. The van der Waals surface area contributed by atoms with Gasteiger partial charge in [-0.1, -0.05) is 110 Å². The number of hydrogen-bond donors (Lipinski definition) is 0. The first kappa shape index (κ1) is 23.5. The van der Waals surface area contributed by atoms with Crippen molar-refractivity contribution < 1.29 is 0 Å². The van der Waals surface area contributed by atoms with E-state index >= 15 is 0 Å². The largest absolute Gasteiger partial charge is 0.272 e. The van der Waals surface area contributed by atoms with Crippen molar-refractivity contribution in [2.45, 2.75) is 55.6 Å². The third-order valence-electron chi connectivity index (χ3n) is 8.32. The molecule has 7 rings (SSSR count). The highest BCUT2D eigenvalue weighted by molar-refractivity contribution is 7.99. The zero-order valence-electron chi connectivity index (χ0n) is 21.3. The second-order valence-electron chi connectivity index (χ2n) is 10.6. The Labute approximate surface area is 226 Å². The minimum absolute atomic E-state index is 0.0981. The lowest BCUT2D eigenvalue weighted by atomic mass is 9.68. The van der Waals surface area contributed by atoms with Crippen LogP contribution in [-0.4, -0.2) is 24.9 Å². The summed E-state index contributed by atoms with van der Waals surface area (Å²) in [7, 11) is 0. The SMILES string of the molecule is O=c1c2c(n3c(SCCc4ccccc4)nnc3n1Cc1ccccc1)-c1ccccc1CC21CCCC1. The van der Waals surface area contributed by atoms with Crippen LogP contribution in [-0.2, 0) is 24.8 Å². The van der Waals surface area contributed by atoms with Gasteiger partial charge in [-0.2, -0.15) is 0 Å². The molecule has 1 saturated carbocycles. The Bertz CT molecular complexity index is 1670. The highest BCUT2D eigenvalue weighted by atomic mass is 32.2. The van der Waals surface area contributed by atoms with E-state index in [1.807, 2.05) is 22.8 Å².